The molecule has 1 saturated heterocycles. The number of ether oxygens (including phenoxy) is 5. The smallest absolute Gasteiger partial charge is 0.319 e. The number of thiocarbonyl (C=S) groups is 1. The highest BCUT2D eigenvalue weighted by atomic mass is 32.1. The molecule has 5 atom stereocenters. The molecular weight excluding hydrogens is 386 g/mol. The van der Waals surface area contributed by atoms with Gasteiger partial charge in [-0.1, -0.05) is 0 Å². The lowest BCUT2D eigenvalue weighted by Gasteiger charge is -2.46. The highest BCUT2D eigenvalue weighted by molar-refractivity contribution is 7.78. The Bertz CT molecular complexity index is 661. The summed E-state index contributed by atoms with van der Waals surface area (Å²) in [7, 11) is 0. The van der Waals surface area contributed by atoms with Gasteiger partial charge in [-0.15, -0.1) is 0 Å². The summed E-state index contributed by atoms with van der Waals surface area (Å²) in [5.74, 6) is -5.82. The highest BCUT2D eigenvalue weighted by Crippen LogP contribution is 2.35. The van der Waals surface area contributed by atoms with Crippen molar-refractivity contribution >= 4 is 41.3 Å². The number of esters is 4. The van der Waals surface area contributed by atoms with Gasteiger partial charge in [0, 0.05) is 27.7 Å². The molecule has 1 N–H and O–H groups in total. The topological polar surface area (TPSA) is 147 Å². The van der Waals surface area contributed by atoms with Crippen molar-refractivity contribution < 1.29 is 48.0 Å². The molecule has 1 aliphatic heterocycles. The number of hydrogen-bond donors (Lipinski definition) is 1. The average Bonchev–Trinajstić information content (AvgIpc) is 2.51. The molecule has 0 aromatic heterocycles. The van der Waals surface area contributed by atoms with E-state index in [1.807, 2.05) is 5.16 Å². The third-order valence-electron chi connectivity index (χ3n) is 3.24. The molecule has 150 valence electrons. The van der Waals surface area contributed by atoms with E-state index in [1.165, 1.54) is 0 Å². The standard InChI is InChI=1S/C15H19NO10S/c1-7(17)22-5-11-12(23-8(2)18)13(24-9(3)19)14(25-10(4)20)15(21,26-11)16-6-27/h11-14,21H,5H2,1-4H3/t11-,12-,13+,14-,15+/m1/s1. The molecule has 27 heavy (non-hydrogen) atoms. The molecule has 0 aromatic carbocycles. The lowest BCUT2D eigenvalue weighted by Crippen LogP contribution is -2.67. The first kappa shape index (κ1) is 22.6. The molecule has 1 fully saturated rings. The number of aliphatic imine (C=N–C) groups is 1. The Morgan fingerprint density at radius 1 is 1.00 bits per heavy atom. The molecule has 1 aliphatic rings. The fourth-order valence-electron chi connectivity index (χ4n) is 2.42. The van der Waals surface area contributed by atoms with E-state index in [2.05, 4.69) is 17.2 Å². The van der Waals surface area contributed by atoms with Crippen LogP contribution in [0.15, 0.2) is 4.99 Å². The highest BCUT2D eigenvalue weighted by Gasteiger charge is 2.60. The van der Waals surface area contributed by atoms with Gasteiger partial charge >= 0.3 is 29.8 Å². The second-order valence-electron chi connectivity index (χ2n) is 5.50. The first-order valence-electron chi connectivity index (χ1n) is 7.64. The Labute approximate surface area is 159 Å². The van der Waals surface area contributed by atoms with Gasteiger partial charge in [-0.3, -0.25) is 19.2 Å². The van der Waals surface area contributed by atoms with Gasteiger partial charge in [0.2, 0.25) is 6.10 Å². The summed E-state index contributed by atoms with van der Waals surface area (Å²) >= 11 is 4.47. The van der Waals surface area contributed by atoms with Gasteiger partial charge in [-0.25, -0.2) is 0 Å². The number of isothiocyanates is 1. The van der Waals surface area contributed by atoms with E-state index in [1.54, 1.807) is 0 Å². The summed E-state index contributed by atoms with van der Waals surface area (Å²) < 4.78 is 25.4. The normalized spacial score (nSPS) is 29.7. The molecule has 0 saturated carbocycles. The van der Waals surface area contributed by atoms with Crippen molar-refractivity contribution in [2.75, 3.05) is 6.61 Å². The minimum Gasteiger partial charge on any atom is -0.463 e. The third kappa shape index (κ3) is 6.36. The van der Waals surface area contributed by atoms with Crippen LogP contribution in [0.25, 0.3) is 0 Å². The van der Waals surface area contributed by atoms with Crippen molar-refractivity contribution in [3.8, 4) is 0 Å². The minimum absolute atomic E-state index is 0.493. The summed E-state index contributed by atoms with van der Waals surface area (Å²) in [5.41, 5.74) is 0. The van der Waals surface area contributed by atoms with Crippen LogP contribution in [0.4, 0.5) is 0 Å². The zero-order valence-corrected chi connectivity index (χ0v) is 15.8. The summed E-state index contributed by atoms with van der Waals surface area (Å²) in [6, 6.07) is 0. The van der Waals surface area contributed by atoms with Crippen molar-refractivity contribution in [2.24, 2.45) is 4.99 Å². The second kappa shape index (κ2) is 9.51. The molecule has 0 aromatic rings. The molecule has 1 rings (SSSR count). The van der Waals surface area contributed by atoms with Crippen molar-refractivity contribution in [1.29, 1.82) is 0 Å². The zero-order chi connectivity index (χ0) is 20.8. The van der Waals surface area contributed by atoms with E-state index in [0.29, 0.717) is 0 Å². The molecule has 0 aliphatic carbocycles. The van der Waals surface area contributed by atoms with Gasteiger partial charge in [0.15, 0.2) is 12.2 Å². The van der Waals surface area contributed by atoms with Gasteiger partial charge in [0.1, 0.15) is 12.7 Å². The largest absolute Gasteiger partial charge is 0.463 e. The van der Waals surface area contributed by atoms with Crippen LogP contribution in [0.2, 0.25) is 0 Å². The number of carbonyl (C=O) groups is 4. The summed E-state index contributed by atoms with van der Waals surface area (Å²) in [5, 5.41) is 12.6. The maximum Gasteiger partial charge on any atom is 0.319 e. The summed E-state index contributed by atoms with van der Waals surface area (Å²) in [6.07, 6.45) is -6.00. The van der Waals surface area contributed by atoms with E-state index in [-0.39, 0.29) is 0 Å². The van der Waals surface area contributed by atoms with E-state index in [9.17, 15) is 24.3 Å². The first-order valence-corrected chi connectivity index (χ1v) is 8.05. The molecule has 0 radical (unpaired) electrons. The molecule has 0 unspecified atom stereocenters. The maximum absolute atomic E-state index is 11.5. The third-order valence-corrected chi connectivity index (χ3v) is 3.33. The van der Waals surface area contributed by atoms with E-state index < -0.39 is 60.8 Å². The van der Waals surface area contributed by atoms with Crippen LogP contribution >= 0.6 is 12.2 Å². The number of aliphatic hydroxyl groups is 1. The Morgan fingerprint density at radius 2 is 1.52 bits per heavy atom. The Kier molecular flexibility index (Phi) is 7.98. The first-order chi connectivity index (χ1) is 12.5. The van der Waals surface area contributed by atoms with Crippen molar-refractivity contribution in [2.45, 2.75) is 58.0 Å². The lowest BCUT2D eigenvalue weighted by molar-refractivity contribution is -0.348. The van der Waals surface area contributed by atoms with Gasteiger partial charge in [0.05, 0.1) is 5.16 Å². The zero-order valence-electron chi connectivity index (χ0n) is 15.0. The van der Waals surface area contributed by atoms with Crippen molar-refractivity contribution in [1.82, 2.24) is 0 Å². The predicted octanol–water partition coefficient (Wildman–Crippen LogP) is -0.508. The summed E-state index contributed by atoms with van der Waals surface area (Å²) in [4.78, 5) is 49.1. The maximum atomic E-state index is 11.5. The van der Waals surface area contributed by atoms with Crippen LogP contribution in [-0.2, 0) is 42.9 Å². The van der Waals surface area contributed by atoms with Gasteiger partial charge in [0.25, 0.3) is 0 Å². The van der Waals surface area contributed by atoms with Crippen LogP contribution in [0.3, 0.4) is 0 Å². The Hall–Kier alpha value is -2.40. The van der Waals surface area contributed by atoms with Gasteiger partial charge < -0.3 is 28.8 Å². The quantitative estimate of drug-likeness (QED) is 0.264. The molecule has 0 amide bonds. The van der Waals surface area contributed by atoms with Crippen LogP contribution in [0.5, 0.6) is 0 Å². The van der Waals surface area contributed by atoms with Crippen LogP contribution in [-0.4, -0.2) is 71.1 Å². The molecule has 1 heterocycles. The van der Waals surface area contributed by atoms with E-state index >= 15 is 0 Å². The molecular formula is C15H19NO10S. The lowest BCUT2D eigenvalue weighted by atomic mass is 9.95. The number of nitrogens with zero attached hydrogens (tertiary/aromatic N) is 1. The van der Waals surface area contributed by atoms with E-state index in [0.717, 1.165) is 27.7 Å². The van der Waals surface area contributed by atoms with Gasteiger partial charge in [-0.2, -0.15) is 4.99 Å². The molecule has 12 heteroatoms. The second-order valence-corrected chi connectivity index (χ2v) is 5.68. The number of hydrogen-bond acceptors (Lipinski definition) is 12. The van der Waals surface area contributed by atoms with Crippen molar-refractivity contribution in [3.05, 3.63) is 0 Å². The van der Waals surface area contributed by atoms with E-state index in [4.69, 9.17) is 23.7 Å². The van der Waals surface area contributed by atoms with Crippen LogP contribution < -0.4 is 0 Å². The monoisotopic (exact) mass is 405 g/mol. The average molecular weight is 405 g/mol. The fraction of sp³-hybridized carbons (Fsp3) is 0.667. The molecule has 0 bridgehead atoms. The molecule has 0 spiro atoms. The minimum atomic E-state index is -2.63. The predicted molar refractivity (Wildman–Crippen MR) is 88.1 cm³/mol. The molecule has 11 nitrogen and oxygen atoms in total. The Morgan fingerprint density at radius 3 is 1.96 bits per heavy atom. The van der Waals surface area contributed by atoms with Gasteiger partial charge in [-0.05, 0) is 12.2 Å². The SMILES string of the molecule is CC(=O)OC[C@H]1O[C@](O)(N=C=S)[C@H](OC(C)=O)[C@@H](OC(C)=O)[C@@H]1OC(C)=O. The fourth-order valence-corrected chi connectivity index (χ4v) is 2.55. The number of rotatable bonds is 6. The summed E-state index contributed by atoms with van der Waals surface area (Å²) in [6.45, 7) is 3.78. The number of carbonyl (C=O) groups excluding carboxylic acids is 4. The van der Waals surface area contributed by atoms with Crippen LogP contribution in [0, 0.1) is 0 Å². The Balaban J connectivity index is 3.43. The van der Waals surface area contributed by atoms with Crippen molar-refractivity contribution in [3.63, 3.8) is 0 Å². The van der Waals surface area contributed by atoms with Crippen LogP contribution in [0.1, 0.15) is 27.7 Å².